The van der Waals surface area contributed by atoms with Gasteiger partial charge >= 0.3 is 12.0 Å². The molecule has 3 aliphatic rings. The van der Waals surface area contributed by atoms with E-state index in [1.54, 1.807) is 4.90 Å². The number of urea groups is 1. The fraction of sp³-hybridized carbons (Fsp3) is 0.640. The molecule has 0 saturated carbocycles. The standard InChI is InChI=1S/C25H36N4O6/c1-25(2,3)34-23(31)16-27-12-11-21(15-27)35-26-22(30)13-19-9-10-20-14-28(19)24(32)29(20)33-17-18-7-5-4-6-8-18/h4-8,19-21H,9-17H2,1-3H3,(H,26,30). The number of hydroxylamine groups is 3. The smallest absolute Gasteiger partial charge is 0.344 e. The van der Waals surface area contributed by atoms with Gasteiger partial charge in [-0.15, -0.1) is 0 Å². The van der Waals surface area contributed by atoms with Crippen LogP contribution < -0.4 is 5.48 Å². The van der Waals surface area contributed by atoms with Crippen LogP contribution in [0.3, 0.4) is 0 Å². The van der Waals surface area contributed by atoms with Crippen molar-refractivity contribution >= 4 is 17.9 Å². The van der Waals surface area contributed by atoms with Gasteiger partial charge in [0, 0.05) is 32.1 Å². The molecule has 4 rings (SSSR count). The number of nitrogens with zero attached hydrogens (tertiary/aromatic N) is 3. The maximum absolute atomic E-state index is 12.9. The number of carbonyl (C=O) groups is 3. The Morgan fingerprint density at radius 2 is 1.86 bits per heavy atom. The fourth-order valence-corrected chi connectivity index (χ4v) is 4.81. The molecule has 10 heteroatoms. The topological polar surface area (TPSA) is 101 Å². The average Bonchev–Trinajstić information content (AvgIpc) is 3.34. The van der Waals surface area contributed by atoms with Crippen molar-refractivity contribution in [1.82, 2.24) is 20.3 Å². The van der Waals surface area contributed by atoms with Crippen LogP contribution in [0.15, 0.2) is 30.3 Å². The van der Waals surface area contributed by atoms with E-state index in [1.807, 2.05) is 56.0 Å². The number of piperidine rings is 1. The van der Waals surface area contributed by atoms with E-state index in [9.17, 15) is 14.4 Å². The van der Waals surface area contributed by atoms with Crippen LogP contribution in [0.2, 0.25) is 0 Å². The number of ether oxygens (including phenoxy) is 1. The van der Waals surface area contributed by atoms with E-state index < -0.39 is 5.60 Å². The van der Waals surface area contributed by atoms with Gasteiger partial charge in [-0.05, 0) is 45.6 Å². The number of benzene rings is 1. The zero-order chi connectivity index (χ0) is 25.0. The molecule has 1 aromatic carbocycles. The van der Waals surface area contributed by atoms with Gasteiger partial charge in [-0.2, -0.15) is 5.06 Å². The predicted molar refractivity (Wildman–Crippen MR) is 127 cm³/mol. The number of nitrogens with one attached hydrogen (secondary N) is 1. The minimum atomic E-state index is -0.512. The van der Waals surface area contributed by atoms with Crippen LogP contribution in [0.4, 0.5) is 4.79 Å². The predicted octanol–water partition coefficient (Wildman–Crippen LogP) is 2.24. The van der Waals surface area contributed by atoms with E-state index in [2.05, 4.69) is 5.48 Å². The summed E-state index contributed by atoms with van der Waals surface area (Å²) >= 11 is 0. The van der Waals surface area contributed by atoms with Gasteiger partial charge in [0.25, 0.3) is 0 Å². The third-order valence-electron chi connectivity index (χ3n) is 6.42. The molecule has 35 heavy (non-hydrogen) atoms. The third-order valence-corrected chi connectivity index (χ3v) is 6.42. The Morgan fingerprint density at radius 3 is 2.60 bits per heavy atom. The van der Waals surface area contributed by atoms with Gasteiger partial charge in [-0.3, -0.25) is 24.2 Å². The summed E-state index contributed by atoms with van der Waals surface area (Å²) in [7, 11) is 0. The highest BCUT2D eigenvalue weighted by Gasteiger charge is 2.46. The molecule has 3 heterocycles. The summed E-state index contributed by atoms with van der Waals surface area (Å²) in [5.74, 6) is -0.523. The highest BCUT2D eigenvalue weighted by molar-refractivity contribution is 5.80. The molecule has 10 nitrogen and oxygen atoms in total. The van der Waals surface area contributed by atoms with Crippen molar-refractivity contribution in [1.29, 1.82) is 0 Å². The maximum atomic E-state index is 12.9. The van der Waals surface area contributed by atoms with Crippen molar-refractivity contribution in [2.75, 3.05) is 26.2 Å². The van der Waals surface area contributed by atoms with Crippen molar-refractivity contribution in [3.05, 3.63) is 35.9 Å². The van der Waals surface area contributed by atoms with E-state index in [4.69, 9.17) is 14.4 Å². The Balaban J connectivity index is 1.18. The lowest BCUT2D eigenvalue weighted by Crippen LogP contribution is -2.43. The van der Waals surface area contributed by atoms with E-state index in [-0.39, 0.29) is 49.1 Å². The Labute approximate surface area is 206 Å². The molecule has 192 valence electrons. The fourth-order valence-electron chi connectivity index (χ4n) is 4.81. The van der Waals surface area contributed by atoms with Crippen LogP contribution in [0.1, 0.15) is 52.0 Å². The summed E-state index contributed by atoms with van der Waals surface area (Å²) in [6.45, 7) is 7.87. The lowest BCUT2D eigenvalue weighted by atomic mass is 9.98. The molecule has 3 atom stereocenters. The first-order valence-corrected chi connectivity index (χ1v) is 12.3. The zero-order valence-electron chi connectivity index (χ0n) is 20.8. The molecule has 0 aromatic heterocycles. The van der Waals surface area contributed by atoms with Crippen molar-refractivity contribution in [3.63, 3.8) is 0 Å². The van der Waals surface area contributed by atoms with Crippen molar-refractivity contribution in [2.45, 2.75) is 76.9 Å². The Morgan fingerprint density at radius 1 is 1.09 bits per heavy atom. The van der Waals surface area contributed by atoms with Gasteiger partial charge in [0.1, 0.15) is 12.2 Å². The summed E-state index contributed by atoms with van der Waals surface area (Å²) < 4.78 is 5.36. The number of hydrogen-bond donors (Lipinski definition) is 1. The minimum Gasteiger partial charge on any atom is -0.459 e. The number of carbonyl (C=O) groups excluding carboxylic acids is 3. The van der Waals surface area contributed by atoms with Crippen LogP contribution >= 0.6 is 0 Å². The highest BCUT2D eigenvalue weighted by atomic mass is 16.7. The lowest BCUT2D eigenvalue weighted by molar-refractivity contribution is -0.156. The van der Waals surface area contributed by atoms with Crippen molar-refractivity contribution in [3.8, 4) is 0 Å². The summed E-state index contributed by atoms with van der Waals surface area (Å²) in [5, 5.41) is 1.47. The summed E-state index contributed by atoms with van der Waals surface area (Å²) in [6.07, 6.45) is 2.24. The second kappa shape index (κ2) is 10.9. The van der Waals surface area contributed by atoms with Crippen LogP contribution in [0.5, 0.6) is 0 Å². The molecule has 0 spiro atoms. The number of fused-ring (bicyclic) bond motifs is 2. The number of esters is 1. The minimum absolute atomic E-state index is 0.0104. The second-order valence-corrected chi connectivity index (χ2v) is 10.5. The largest absolute Gasteiger partial charge is 0.459 e. The molecule has 3 amide bonds. The van der Waals surface area contributed by atoms with Crippen molar-refractivity contribution < 1.29 is 28.8 Å². The first-order chi connectivity index (χ1) is 16.7. The third kappa shape index (κ3) is 6.93. The molecule has 3 saturated heterocycles. The number of likely N-dealkylation sites (tertiary alicyclic amines) is 1. The summed E-state index contributed by atoms with van der Waals surface area (Å²) in [5.41, 5.74) is 3.04. The van der Waals surface area contributed by atoms with Crippen LogP contribution in [0, 0.1) is 0 Å². The van der Waals surface area contributed by atoms with E-state index in [0.29, 0.717) is 32.7 Å². The van der Waals surface area contributed by atoms with Gasteiger partial charge in [0.05, 0.1) is 18.7 Å². The average molecular weight is 489 g/mol. The monoisotopic (exact) mass is 488 g/mol. The van der Waals surface area contributed by atoms with Crippen LogP contribution in [-0.4, -0.2) is 82.7 Å². The quantitative estimate of drug-likeness (QED) is 0.420. The summed E-state index contributed by atoms with van der Waals surface area (Å²) in [4.78, 5) is 52.6. The molecule has 3 unspecified atom stereocenters. The number of hydrogen-bond acceptors (Lipinski definition) is 7. The molecule has 1 N–H and O–H groups in total. The molecular weight excluding hydrogens is 452 g/mol. The Hall–Kier alpha value is -2.69. The molecule has 3 aliphatic heterocycles. The lowest BCUT2D eigenvalue weighted by Gasteiger charge is -2.30. The Bertz CT molecular complexity index is 905. The first-order valence-electron chi connectivity index (χ1n) is 12.3. The van der Waals surface area contributed by atoms with E-state index in [0.717, 1.165) is 18.4 Å². The number of rotatable bonds is 9. The van der Waals surface area contributed by atoms with Gasteiger partial charge < -0.3 is 9.64 Å². The normalized spacial score (nSPS) is 24.7. The van der Waals surface area contributed by atoms with Crippen LogP contribution in [0.25, 0.3) is 0 Å². The molecule has 3 fully saturated rings. The van der Waals surface area contributed by atoms with Gasteiger partial charge in [-0.25, -0.2) is 10.3 Å². The van der Waals surface area contributed by atoms with E-state index >= 15 is 0 Å². The van der Waals surface area contributed by atoms with Crippen molar-refractivity contribution in [2.24, 2.45) is 0 Å². The zero-order valence-corrected chi connectivity index (χ0v) is 20.8. The molecule has 0 radical (unpaired) electrons. The maximum Gasteiger partial charge on any atom is 0.344 e. The first kappa shape index (κ1) is 25.4. The van der Waals surface area contributed by atoms with Gasteiger partial charge in [0.15, 0.2) is 0 Å². The van der Waals surface area contributed by atoms with E-state index in [1.165, 1.54) is 5.06 Å². The second-order valence-electron chi connectivity index (χ2n) is 10.5. The number of amides is 3. The highest BCUT2D eigenvalue weighted by Crippen LogP contribution is 2.31. The van der Waals surface area contributed by atoms with Gasteiger partial charge in [-0.1, -0.05) is 30.3 Å². The molecule has 0 aliphatic carbocycles. The molecule has 2 bridgehead atoms. The molecule has 1 aromatic rings. The van der Waals surface area contributed by atoms with Gasteiger partial charge in [0.2, 0.25) is 5.91 Å². The molecular formula is C25H36N4O6. The summed E-state index contributed by atoms with van der Waals surface area (Å²) in [6, 6.07) is 9.38. The SMILES string of the molecule is CC(C)(C)OC(=O)CN1CCC(ONC(=O)CC2CCC3CN2C(=O)N3OCc2ccccc2)C1. The van der Waals surface area contributed by atoms with Crippen LogP contribution in [-0.2, 0) is 30.6 Å². The Kier molecular flexibility index (Phi) is 7.93.